The lowest BCUT2D eigenvalue weighted by Crippen LogP contribution is -2.26. The van der Waals surface area contributed by atoms with Gasteiger partial charge in [0.15, 0.2) is 11.5 Å². The van der Waals surface area contributed by atoms with Crippen LogP contribution in [0.4, 0.5) is 0 Å². The average molecular weight is 280 g/mol. The molecule has 0 bridgehead atoms. The maximum Gasteiger partial charge on any atom is 0.231 e. The van der Waals surface area contributed by atoms with E-state index in [1.165, 1.54) is 0 Å². The van der Waals surface area contributed by atoms with E-state index in [4.69, 9.17) is 9.47 Å². The van der Waals surface area contributed by atoms with Gasteiger partial charge in [-0.05, 0) is 46.2 Å². The first kappa shape index (κ1) is 14.9. The van der Waals surface area contributed by atoms with Crippen LogP contribution in [0.5, 0.6) is 17.2 Å². The van der Waals surface area contributed by atoms with Gasteiger partial charge in [0, 0.05) is 18.2 Å². The zero-order chi connectivity index (χ0) is 14.5. The normalized spacial score (nSPS) is 13.4. The molecule has 1 N–H and O–H groups in total. The van der Waals surface area contributed by atoms with Gasteiger partial charge in [0.2, 0.25) is 6.79 Å². The van der Waals surface area contributed by atoms with Crippen molar-refractivity contribution in [2.75, 3.05) is 40.5 Å². The molecule has 2 rings (SSSR count). The largest absolute Gasteiger partial charge is 0.507 e. The lowest BCUT2D eigenvalue weighted by atomic mass is 10.1. The van der Waals surface area contributed by atoms with Crippen molar-refractivity contribution in [2.24, 2.45) is 0 Å². The standard InChI is InChI=1S/C15H24N2O3/c1-4-17(7-5-6-16(2)3)10-12-8-14-15(9-13(12)18)20-11-19-14/h8-9,18H,4-7,10-11H2,1-3H3. The van der Waals surface area contributed by atoms with E-state index in [1.807, 2.05) is 6.07 Å². The number of phenols is 1. The maximum absolute atomic E-state index is 10.1. The van der Waals surface area contributed by atoms with Gasteiger partial charge in [-0.15, -0.1) is 0 Å². The molecule has 0 saturated carbocycles. The summed E-state index contributed by atoms with van der Waals surface area (Å²) in [6.07, 6.45) is 1.12. The molecule has 112 valence electrons. The van der Waals surface area contributed by atoms with Gasteiger partial charge in [0.25, 0.3) is 0 Å². The van der Waals surface area contributed by atoms with Crippen molar-refractivity contribution < 1.29 is 14.6 Å². The summed E-state index contributed by atoms with van der Waals surface area (Å²) in [4.78, 5) is 4.51. The second kappa shape index (κ2) is 6.81. The van der Waals surface area contributed by atoms with Crippen LogP contribution in [0, 0.1) is 0 Å². The number of nitrogens with zero attached hydrogens (tertiary/aromatic N) is 2. The van der Waals surface area contributed by atoms with E-state index in [9.17, 15) is 5.11 Å². The first-order valence-electron chi connectivity index (χ1n) is 7.08. The van der Waals surface area contributed by atoms with Crippen molar-refractivity contribution in [1.29, 1.82) is 0 Å². The van der Waals surface area contributed by atoms with Crippen LogP contribution in [-0.2, 0) is 6.54 Å². The minimum Gasteiger partial charge on any atom is -0.507 e. The van der Waals surface area contributed by atoms with Crippen molar-refractivity contribution in [2.45, 2.75) is 19.9 Å². The number of rotatable bonds is 7. The van der Waals surface area contributed by atoms with Gasteiger partial charge in [-0.1, -0.05) is 6.92 Å². The number of phenolic OH excluding ortho intramolecular Hbond substituents is 1. The van der Waals surface area contributed by atoms with E-state index in [1.54, 1.807) is 6.07 Å². The molecular formula is C15H24N2O3. The third kappa shape index (κ3) is 3.77. The molecule has 1 aromatic rings. The highest BCUT2D eigenvalue weighted by Crippen LogP contribution is 2.37. The highest BCUT2D eigenvalue weighted by Gasteiger charge is 2.18. The molecule has 20 heavy (non-hydrogen) atoms. The van der Waals surface area contributed by atoms with E-state index in [-0.39, 0.29) is 12.5 Å². The number of aromatic hydroxyl groups is 1. The third-order valence-corrected chi connectivity index (χ3v) is 3.49. The van der Waals surface area contributed by atoms with Gasteiger partial charge < -0.3 is 19.5 Å². The van der Waals surface area contributed by atoms with Crippen LogP contribution in [0.1, 0.15) is 18.9 Å². The summed E-state index contributed by atoms with van der Waals surface area (Å²) in [7, 11) is 4.17. The molecule has 5 nitrogen and oxygen atoms in total. The summed E-state index contributed by atoms with van der Waals surface area (Å²) in [6, 6.07) is 3.53. The zero-order valence-corrected chi connectivity index (χ0v) is 12.6. The Kier molecular flexibility index (Phi) is 5.09. The predicted molar refractivity (Wildman–Crippen MR) is 78.4 cm³/mol. The van der Waals surface area contributed by atoms with Gasteiger partial charge in [-0.2, -0.15) is 0 Å². The van der Waals surface area contributed by atoms with E-state index < -0.39 is 0 Å². The van der Waals surface area contributed by atoms with E-state index in [0.717, 1.165) is 43.9 Å². The topological polar surface area (TPSA) is 45.2 Å². The number of fused-ring (bicyclic) bond motifs is 1. The second-order valence-electron chi connectivity index (χ2n) is 5.36. The quantitative estimate of drug-likeness (QED) is 0.826. The van der Waals surface area contributed by atoms with Crippen LogP contribution in [0.15, 0.2) is 12.1 Å². The molecule has 1 aromatic carbocycles. The maximum atomic E-state index is 10.1. The molecule has 1 heterocycles. The Hall–Kier alpha value is -1.46. The number of hydrogen-bond acceptors (Lipinski definition) is 5. The highest BCUT2D eigenvalue weighted by molar-refractivity contribution is 5.51. The van der Waals surface area contributed by atoms with E-state index >= 15 is 0 Å². The molecule has 0 spiro atoms. The van der Waals surface area contributed by atoms with Crippen molar-refractivity contribution in [3.8, 4) is 17.2 Å². The highest BCUT2D eigenvalue weighted by atomic mass is 16.7. The first-order chi connectivity index (χ1) is 9.60. The molecule has 0 aliphatic carbocycles. The number of ether oxygens (including phenoxy) is 2. The van der Waals surface area contributed by atoms with Gasteiger partial charge >= 0.3 is 0 Å². The van der Waals surface area contributed by atoms with Crippen molar-refractivity contribution >= 4 is 0 Å². The molecule has 0 amide bonds. The summed E-state index contributed by atoms with van der Waals surface area (Å²) in [5, 5.41) is 10.1. The van der Waals surface area contributed by atoms with Crippen LogP contribution in [0.2, 0.25) is 0 Å². The van der Waals surface area contributed by atoms with E-state index in [2.05, 4.69) is 30.8 Å². The Bertz CT molecular complexity index is 449. The van der Waals surface area contributed by atoms with Crippen molar-refractivity contribution in [1.82, 2.24) is 9.80 Å². The predicted octanol–water partition coefficient (Wildman–Crippen LogP) is 1.89. The third-order valence-electron chi connectivity index (χ3n) is 3.49. The summed E-state index contributed by atoms with van der Waals surface area (Å²) >= 11 is 0. The molecular weight excluding hydrogens is 256 g/mol. The molecule has 5 heteroatoms. The van der Waals surface area contributed by atoms with Gasteiger partial charge in [0.05, 0.1) is 0 Å². The molecule has 0 fully saturated rings. The molecule has 1 aliphatic rings. The van der Waals surface area contributed by atoms with E-state index in [0.29, 0.717) is 5.75 Å². The molecule has 0 unspecified atom stereocenters. The van der Waals surface area contributed by atoms with Crippen LogP contribution in [0.3, 0.4) is 0 Å². The van der Waals surface area contributed by atoms with Crippen molar-refractivity contribution in [3.05, 3.63) is 17.7 Å². The summed E-state index contributed by atoms with van der Waals surface area (Å²) < 4.78 is 10.6. The monoisotopic (exact) mass is 280 g/mol. The van der Waals surface area contributed by atoms with Crippen LogP contribution >= 0.6 is 0 Å². The zero-order valence-electron chi connectivity index (χ0n) is 12.6. The van der Waals surface area contributed by atoms with Crippen LogP contribution in [0.25, 0.3) is 0 Å². The Balaban J connectivity index is 1.97. The fraction of sp³-hybridized carbons (Fsp3) is 0.600. The minimum absolute atomic E-state index is 0.235. The van der Waals surface area contributed by atoms with Crippen molar-refractivity contribution in [3.63, 3.8) is 0 Å². The van der Waals surface area contributed by atoms with Gasteiger partial charge in [-0.3, -0.25) is 4.90 Å². The Labute approximate surface area is 120 Å². The lowest BCUT2D eigenvalue weighted by Gasteiger charge is -2.22. The number of benzene rings is 1. The molecule has 1 aliphatic heterocycles. The molecule has 0 atom stereocenters. The fourth-order valence-corrected chi connectivity index (χ4v) is 2.30. The summed E-state index contributed by atoms with van der Waals surface area (Å²) in [6.45, 7) is 6.15. The minimum atomic E-state index is 0.235. The Morgan fingerprint density at radius 3 is 2.50 bits per heavy atom. The molecule has 0 saturated heterocycles. The second-order valence-corrected chi connectivity index (χ2v) is 5.36. The average Bonchev–Trinajstić information content (AvgIpc) is 2.84. The Morgan fingerprint density at radius 2 is 1.85 bits per heavy atom. The summed E-state index contributed by atoms with van der Waals surface area (Å²) in [5.74, 6) is 1.63. The van der Waals surface area contributed by atoms with Gasteiger partial charge in [-0.25, -0.2) is 0 Å². The summed E-state index contributed by atoms with van der Waals surface area (Å²) in [5.41, 5.74) is 0.890. The SMILES string of the molecule is CCN(CCCN(C)C)Cc1cc2c(cc1O)OCO2. The fourth-order valence-electron chi connectivity index (χ4n) is 2.30. The van der Waals surface area contributed by atoms with Gasteiger partial charge in [0.1, 0.15) is 5.75 Å². The smallest absolute Gasteiger partial charge is 0.231 e. The number of hydrogen-bond donors (Lipinski definition) is 1. The lowest BCUT2D eigenvalue weighted by molar-refractivity contribution is 0.174. The van der Waals surface area contributed by atoms with Crippen LogP contribution < -0.4 is 9.47 Å². The molecule has 0 aromatic heterocycles. The Morgan fingerprint density at radius 1 is 1.15 bits per heavy atom. The first-order valence-corrected chi connectivity index (χ1v) is 7.08. The van der Waals surface area contributed by atoms with Crippen LogP contribution in [-0.4, -0.2) is 55.4 Å². The molecule has 0 radical (unpaired) electrons.